The highest BCUT2D eigenvalue weighted by atomic mass is 19.1. The van der Waals surface area contributed by atoms with Crippen LogP contribution in [0.25, 0.3) is 0 Å². The predicted octanol–water partition coefficient (Wildman–Crippen LogP) is 3.22. The van der Waals surface area contributed by atoms with Crippen molar-refractivity contribution in [3.63, 3.8) is 0 Å². The number of nitrogens with zero attached hydrogens (tertiary/aromatic N) is 1. The summed E-state index contributed by atoms with van der Waals surface area (Å²) in [5, 5.41) is 3.45. The molecule has 0 aliphatic rings. The Kier molecular flexibility index (Phi) is 8.50. The van der Waals surface area contributed by atoms with E-state index in [1.54, 1.807) is 19.2 Å². The largest absolute Gasteiger partial charge is 0.383 e. The van der Waals surface area contributed by atoms with Gasteiger partial charge >= 0.3 is 0 Å². The minimum absolute atomic E-state index is 0.171. The number of rotatable bonds is 10. The second kappa shape index (κ2) is 9.87. The van der Waals surface area contributed by atoms with Gasteiger partial charge < -0.3 is 10.1 Å². The maximum Gasteiger partial charge on any atom is 0.123 e. The molecule has 1 aromatic rings. The molecule has 0 aromatic heterocycles. The molecule has 1 aromatic carbocycles. The lowest BCUT2D eigenvalue weighted by molar-refractivity contribution is 0.0997. The molecule has 0 aliphatic heterocycles. The summed E-state index contributed by atoms with van der Waals surface area (Å²) in [7, 11) is 1.73. The zero-order valence-electron chi connectivity index (χ0n) is 13.7. The van der Waals surface area contributed by atoms with Crippen LogP contribution in [-0.2, 0) is 4.74 Å². The molecule has 0 fully saturated rings. The number of methoxy groups -OCH3 is 1. The van der Waals surface area contributed by atoms with Crippen molar-refractivity contribution in [2.24, 2.45) is 0 Å². The molecule has 1 N–H and O–H groups in total. The first kappa shape index (κ1) is 18.1. The van der Waals surface area contributed by atoms with Crippen LogP contribution < -0.4 is 5.32 Å². The monoisotopic (exact) mass is 296 g/mol. The first-order valence-electron chi connectivity index (χ1n) is 7.84. The SMILES string of the molecule is CCNC(CCN(CC)C(C)COC)c1cccc(F)c1. The third kappa shape index (κ3) is 6.12. The molecule has 2 unspecified atom stereocenters. The van der Waals surface area contributed by atoms with Gasteiger partial charge in [0, 0.05) is 25.7 Å². The maximum absolute atomic E-state index is 13.4. The molecule has 0 amide bonds. The van der Waals surface area contributed by atoms with Crippen LogP contribution in [0.3, 0.4) is 0 Å². The van der Waals surface area contributed by atoms with Crippen molar-refractivity contribution < 1.29 is 9.13 Å². The maximum atomic E-state index is 13.4. The van der Waals surface area contributed by atoms with Crippen molar-refractivity contribution in [3.05, 3.63) is 35.6 Å². The lowest BCUT2D eigenvalue weighted by Crippen LogP contribution is -2.38. The van der Waals surface area contributed by atoms with Gasteiger partial charge in [0.25, 0.3) is 0 Å². The second-order valence-electron chi connectivity index (χ2n) is 5.39. The van der Waals surface area contributed by atoms with E-state index >= 15 is 0 Å². The summed E-state index contributed by atoms with van der Waals surface area (Å²) in [5.74, 6) is -0.171. The Morgan fingerprint density at radius 3 is 2.67 bits per heavy atom. The second-order valence-corrected chi connectivity index (χ2v) is 5.39. The molecule has 3 nitrogen and oxygen atoms in total. The van der Waals surface area contributed by atoms with Gasteiger partial charge in [-0.1, -0.05) is 26.0 Å². The van der Waals surface area contributed by atoms with Gasteiger partial charge in [0.05, 0.1) is 6.61 Å². The van der Waals surface area contributed by atoms with Gasteiger partial charge in [0.1, 0.15) is 5.82 Å². The summed E-state index contributed by atoms with van der Waals surface area (Å²) >= 11 is 0. The van der Waals surface area contributed by atoms with E-state index < -0.39 is 0 Å². The average molecular weight is 296 g/mol. The topological polar surface area (TPSA) is 24.5 Å². The summed E-state index contributed by atoms with van der Waals surface area (Å²) in [6.45, 7) is 9.99. The molecular weight excluding hydrogens is 267 g/mol. The Morgan fingerprint density at radius 1 is 1.33 bits per heavy atom. The van der Waals surface area contributed by atoms with Crippen molar-refractivity contribution in [3.8, 4) is 0 Å². The van der Waals surface area contributed by atoms with E-state index in [4.69, 9.17) is 4.74 Å². The summed E-state index contributed by atoms with van der Waals surface area (Å²) in [6.07, 6.45) is 0.958. The third-order valence-corrected chi connectivity index (χ3v) is 3.84. The van der Waals surface area contributed by atoms with Gasteiger partial charge in [-0.15, -0.1) is 0 Å². The Morgan fingerprint density at radius 2 is 2.10 bits per heavy atom. The van der Waals surface area contributed by atoms with Gasteiger partial charge in [-0.05, 0) is 44.1 Å². The molecule has 0 bridgehead atoms. The zero-order valence-corrected chi connectivity index (χ0v) is 13.7. The van der Waals surface area contributed by atoms with Crippen LogP contribution in [0.2, 0.25) is 0 Å². The molecular formula is C17H29FN2O. The lowest BCUT2D eigenvalue weighted by Gasteiger charge is -2.29. The van der Waals surface area contributed by atoms with E-state index in [-0.39, 0.29) is 11.9 Å². The van der Waals surface area contributed by atoms with E-state index in [1.807, 2.05) is 6.07 Å². The fourth-order valence-electron chi connectivity index (χ4n) is 2.69. The van der Waals surface area contributed by atoms with Crippen molar-refractivity contribution in [2.45, 2.75) is 39.3 Å². The summed E-state index contributed by atoms with van der Waals surface area (Å²) in [6, 6.07) is 7.48. The smallest absolute Gasteiger partial charge is 0.123 e. The molecule has 1 rings (SSSR count). The Balaban J connectivity index is 2.65. The number of hydrogen-bond acceptors (Lipinski definition) is 3. The molecule has 0 aliphatic carbocycles. The van der Waals surface area contributed by atoms with E-state index in [1.165, 1.54) is 6.07 Å². The van der Waals surface area contributed by atoms with Gasteiger partial charge in [-0.25, -0.2) is 4.39 Å². The Hall–Kier alpha value is -0.970. The van der Waals surface area contributed by atoms with E-state index in [0.29, 0.717) is 6.04 Å². The average Bonchev–Trinajstić information content (AvgIpc) is 2.47. The molecule has 120 valence electrons. The molecule has 0 saturated heterocycles. The normalized spacial score (nSPS) is 14.4. The minimum Gasteiger partial charge on any atom is -0.383 e. The fraction of sp³-hybridized carbons (Fsp3) is 0.647. The van der Waals surface area contributed by atoms with Crippen LogP contribution in [0.4, 0.5) is 4.39 Å². The first-order chi connectivity index (χ1) is 10.1. The van der Waals surface area contributed by atoms with Crippen LogP contribution in [0.5, 0.6) is 0 Å². The molecule has 4 heteroatoms. The van der Waals surface area contributed by atoms with Gasteiger partial charge in [0.2, 0.25) is 0 Å². The zero-order chi connectivity index (χ0) is 15.7. The highest BCUT2D eigenvalue weighted by Crippen LogP contribution is 2.19. The van der Waals surface area contributed by atoms with Crippen molar-refractivity contribution >= 4 is 0 Å². The van der Waals surface area contributed by atoms with Crippen LogP contribution >= 0.6 is 0 Å². The summed E-state index contributed by atoms with van der Waals surface area (Å²) in [4.78, 5) is 2.40. The molecule has 2 atom stereocenters. The number of benzene rings is 1. The van der Waals surface area contributed by atoms with Crippen LogP contribution in [-0.4, -0.2) is 44.3 Å². The summed E-state index contributed by atoms with van der Waals surface area (Å²) in [5.41, 5.74) is 1.02. The quantitative estimate of drug-likeness (QED) is 0.717. The molecule has 0 radical (unpaired) electrons. The van der Waals surface area contributed by atoms with Crippen molar-refractivity contribution in [1.29, 1.82) is 0 Å². The van der Waals surface area contributed by atoms with Crippen LogP contribution in [0.1, 0.15) is 38.8 Å². The Bertz CT molecular complexity index is 400. The third-order valence-electron chi connectivity index (χ3n) is 3.84. The van der Waals surface area contributed by atoms with Crippen LogP contribution in [0.15, 0.2) is 24.3 Å². The number of likely N-dealkylation sites (N-methyl/N-ethyl adjacent to an activating group) is 1. The van der Waals surface area contributed by atoms with E-state index in [2.05, 4.69) is 31.0 Å². The van der Waals surface area contributed by atoms with Gasteiger partial charge in [-0.2, -0.15) is 0 Å². The van der Waals surface area contributed by atoms with Gasteiger partial charge in [-0.3, -0.25) is 4.90 Å². The van der Waals surface area contributed by atoms with E-state index in [9.17, 15) is 4.39 Å². The Labute approximate surface area is 128 Å². The fourth-order valence-corrected chi connectivity index (χ4v) is 2.69. The standard InChI is InChI=1S/C17H29FN2O/c1-5-19-17(15-8-7-9-16(18)12-15)10-11-20(6-2)14(3)13-21-4/h7-9,12,14,17,19H,5-6,10-11,13H2,1-4H3. The lowest BCUT2D eigenvalue weighted by atomic mass is 10.0. The first-order valence-corrected chi connectivity index (χ1v) is 7.84. The van der Waals surface area contributed by atoms with E-state index in [0.717, 1.165) is 38.2 Å². The molecule has 21 heavy (non-hydrogen) atoms. The molecule has 0 saturated carbocycles. The number of ether oxygens (including phenoxy) is 1. The highest BCUT2D eigenvalue weighted by molar-refractivity contribution is 5.20. The molecule has 0 heterocycles. The number of nitrogens with one attached hydrogen (secondary N) is 1. The van der Waals surface area contributed by atoms with Gasteiger partial charge in [0.15, 0.2) is 0 Å². The summed E-state index contributed by atoms with van der Waals surface area (Å²) < 4.78 is 18.6. The number of hydrogen-bond donors (Lipinski definition) is 1. The van der Waals surface area contributed by atoms with Crippen LogP contribution in [0, 0.1) is 5.82 Å². The molecule has 0 spiro atoms. The minimum atomic E-state index is -0.171. The van der Waals surface area contributed by atoms with Crippen molar-refractivity contribution in [2.75, 3.05) is 33.4 Å². The number of halogens is 1. The highest BCUT2D eigenvalue weighted by Gasteiger charge is 2.16. The predicted molar refractivity (Wildman–Crippen MR) is 86.0 cm³/mol. The van der Waals surface area contributed by atoms with Crippen molar-refractivity contribution in [1.82, 2.24) is 10.2 Å².